The lowest BCUT2D eigenvalue weighted by molar-refractivity contribution is -0.192. The molecule has 3 aromatic heterocycles. The van der Waals surface area contributed by atoms with Gasteiger partial charge in [-0.05, 0) is 52.8 Å². The van der Waals surface area contributed by atoms with Gasteiger partial charge in [0.2, 0.25) is 5.91 Å². The number of aromatic nitrogens is 6. The second-order valence-corrected chi connectivity index (χ2v) is 9.94. The van der Waals surface area contributed by atoms with Crippen LogP contribution in [0.25, 0.3) is 16.3 Å². The molecule has 4 N–H and O–H groups in total. The number of thiophene rings is 1. The molecule has 17 heteroatoms. The van der Waals surface area contributed by atoms with Crippen molar-refractivity contribution in [3.63, 3.8) is 0 Å². The van der Waals surface area contributed by atoms with E-state index in [1.165, 1.54) is 0 Å². The summed E-state index contributed by atoms with van der Waals surface area (Å²) in [6, 6.07) is 8.49. The van der Waals surface area contributed by atoms with Gasteiger partial charge in [-0.15, -0.1) is 16.4 Å². The van der Waals surface area contributed by atoms with Crippen molar-refractivity contribution in [3.05, 3.63) is 53.3 Å². The number of carbonyl (C=O) groups excluding carboxylic acids is 1. The van der Waals surface area contributed by atoms with Gasteiger partial charge in [-0.25, -0.2) is 4.79 Å². The zero-order valence-corrected chi connectivity index (χ0v) is 23.4. The molecule has 2 atom stereocenters. The number of nitrogens with one attached hydrogen (secondary N) is 3. The number of rotatable bonds is 10. The van der Waals surface area contributed by atoms with Gasteiger partial charge < -0.3 is 19.9 Å². The molecule has 0 aliphatic heterocycles. The van der Waals surface area contributed by atoms with Crippen LogP contribution in [0.5, 0.6) is 11.5 Å². The third-order valence-corrected chi connectivity index (χ3v) is 7.21. The number of tetrazole rings is 1. The Kier molecular flexibility index (Phi) is 9.41. The van der Waals surface area contributed by atoms with Crippen LogP contribution in [0.3, 0.4) is 0 Å². The molecule has 1 fully saturated rings. The zero-order valence-electron chi connectivity index (χ0n) is 22.5. The van der Waals surface area contributed by atoms with E-state index >= 15 is 0 Å². The number of carboxylic acid groups (broad SMARTS) is 1. The number of aromatic amines is 1. The number of likely N-dealkylation sites (N-methyl/N-ethyl adjacent to an activating group) is 1. The molecule has 1 unspecified atom stereocenters. The number of hydrogen-bond acceptors (Lipinski definition) is 10. The first-order valence-electron chi connectivity index (χ1n) is 12.4. The van der Waals surface area contributed by atoms with Gasteiger partial charge in [-0.3, -0.25) is 15.2 Å². The quantitative estimate of drug-likeness (QED) is 0.210. The largest absolute Gasteiger partial charge is 0.497 e. The topological polar surface area (TPSA) is 169 Å². The number of carboxylic acids is 1. The standard InChI is InChI=1S/C23H26N8O3S.C2HF3O2/c1-24-23(32)19(13-6-7-13)26-21(15-12-25-27-20(15)18-5-4-10-35-18)22-28-29-30-31(22)16-9-8-14(33-2)11-17(16)34-3;3-2(4,5)1(6)7/h4-5,8-13,19,21,26H,6-7H2,1-3H3,(H,24,32)(H,25,27);(H,6,7)/t19-,21?;/m0./s1. The highest BCUT2D eigenvalue weighted by Gasteiger charge is 2.40. The van der Waals surface area contributed by atoms with Gasteiger partial charge in [0.1, 0.15) is 17.2 Å². The molecule has 42 heavy (non-hydrogen) atoms. The van der Waals surface area contributed by atoms with Crippen LogP contribution in [0, 0.1) is 5.92 Å². The Hall–Kier alpha value is -4.51. The van der Waals surface area contributed by atoms with E-state index in [4.69, 9.17) is 19.4 Å². The number of ether oxygens (including phenoxy) is 2. The lowest BCUT2D eigenvalue weighted by atomic mass is 10.0. The van der Waals surface area contributed by atoms with Crippen molar-refractivity contribution in [1.82, 2.24) is 41.0 Å². The monoisotopic (exact) mass is 608 g/mol. The summed E-state index contributed by atoms with van der Waals surface area (Å²) in [5, 5.41) is 35.5. The van der Waals surface area contributed by atoms with Gasteiger partial charge in [0.15, 0.2) is 5.82 Å². The van der Waals surface area contributed by atoms with Crippen LogP contribution in [0.4, 0.5) is 13.2 Å². The molecule has 0 spiro atoms. The number of amides is 1. The molecule has 1 aliphatic carbocycles. The molecule has 5 rings (SSSR count). The average molecular weight is 609 g/mol. The summed E-state index contributed by atoms with van der Waals surface area (Å²) in [4.78, 5) is 22.7. The minimum Gasteiger partial charge on any atom is -0.497 e. The molecule has 224 valence electrons. The maximum Gasteiger partial charge on any atom is 0.490 e. The molecule has 1 amide bonds. The summed E-state index contributed by atoms with van der Waals surface area (Å²) in [7, 11) is 4.83. The second kappa shape index (κ2) is 13.0. The highest BCUT2D eigenvalue weighted by Crippen LogP contribution is 2.38. The van der Waals surface area contributed by atoms with Crippen LogP contribution >= 0.6 is 11.3 Å². The molecular weight excluding hydrogens is 581 g/mol. The third-order valence-electron chi connectivity index (χ3n) is 6.33. The van der Waals surface area contributed by atoms with Gasteiger partial charge >= 0.3 is 12.1 Å². The van der Waals surface area contributed by atoms with E-state index in [1.807, 2.05) is 29.6 Å². The lowest BCUT2D eigenvalue weighted by Gasteiger charge is -2.24. The molecule has 1 aromatic carbocycles. The maximum absolute atomic E-state index is 12.8. The van der Waals surface area contributed by atoms with Gasteiger partial charge in [0.05, 0.1) is 43.1 Å². The number of carbonyl (C=O) groups is 2. The average Bonchev–Trinajstić information content (AvgIpc) is 3.35. The molecular formula is C25H27F3N8O5S. The molecule has 4 aromatic rings. The van der Waals surface area contributed by atoms with E-state index in [0.29, 0.717) is 23.0 Å². The molecule has 3 heterocycles. The van der Waals surface area contributed by atoms with Crippen LogP contribution in [0.1, 0.15) is 30.3 Å². The van der Waals surface area contributed by atoms with Crippen LogP contribution < -0.4 is 20.1 Å². The van der Waals surface area contributed by atoms with Crippen LogP contribution in [0.15, 0.2) is 41.9 Å². The normalized spacial score (nSPS) is 14.3. The van der Waals surface area contributed by atoms with E-state index < -0.39 is 24.2 Å². The Morgan fingerprint density at radius 2 is 1.95 bits per heavy atom. The van der Waals surface area contributed by atoms with Crippen LogP contribution in [0.2, 0.25) is 0 Å². The Morgan fingerprint density at radius 3 is 2.52 bits per heavy atom. The van der Waals surface area contributed by atoms with E-state index in [1.54, 1.807) is 49.5 Å². The van der Waals surface area contributed by atoms with Crippen molar-refractivity contribution in [3.8, 4) is 27.8 Å². The Bertz CT molecular complexity index is 1500. The second-order valence-electron chi connectivity index (χ2n) is 9.00. The van der Waals surface area contributed by atoms with Crippen molar-refractivity contribution >= 4 is 23.2 Å². The smallest absolute Gasteiger partial charge is 0.490 e. The minimum absolute atomic E-state index is 0.0697. The van der Waals surface area contributed by atoms with Crippen molar-refractivity contribution in [2.75, 3.05) is 21.3 Å². The van der Waals surface area contributed by atoms with Crippen molar-refractivity contribution in [2.24, 2.45) is 5.92 Å². The lowest BCUT2D eigenvalue weighted by Crippen LogP contribution is -2.46. The first-order chi connectivity index (χ1) is 20.1. The Labute approximate surface area is 241 Å². The molecule has 1 saturated carbocycles. The van der Waals surface area contributed by atoms with E-state index in [0.717, 1.165) is 29.0 Å². The van der Waals surface area contributed by atoms with Crippen LogP contribution in [-0.2, 0) is 9.59 Å². The molecule has 0 bridgehead atoms. The Balaban J connectivity index is 0.000000517. The number of nitrogens with zero attached hydrogens (tertiary/aromatic N) is 5. The molecule has 0 saturated heterocycles. The van der Waals surface area contributed by atoms with E-state index in [2.05, 4.69) is 36.4 Å². The summed E-state index contributed by atoms with van der Waals surface area (Å²) in [5.41, 5.74) is 2.33. The SMILES string of the molecule is CNC(=O)[C@@H](NC(c1cn[nH]c1-c1cccs1)c1nnnn1-c1ccc(OC)cc1OC)C1CC1.O=C(O)C(F)(F)F. The predicted octanol–water partition coefficient (Wildman–Crippen LogP) is 2.97. The summed E-state index contributed by atoms with van der Waals surface area (Å²) >= 11 is 1.60. The molecule has 1 aliphatic rings. The number of alkyl halides is 3. The maximum atomic E-state index is 12.8. The summed E-state index contributed by atoms with van der Waals surface area (Å²) in [6.07, 6.45) is -1.36. The molecule has 13 nitrogen and oxygen atoms in total. The minimum atomic E-state index is -5.08. The fourth-order valence-corrected chi connectivity index (χ4v) is 4.87. The predicted molar refractivity (Wildman–Crippen MR) is 143 cm³/mol. The Morgan fingerprint density at radius 1 is 1.21 bits per heavy atom. The number of H-pyrrole nitrogens is 1. The van der Waals surface area contributed by atoms with Crippen molar-refractivity contribution in [2.45, 2.75) is 31.1 Å². The zero-order chi connectivity index (χ0) is 30.4. The van der Waals surface area contributed by atoms with E-state index in [9.17, 15) is 18.0 Å². The number of aliphatic carboxylic acids is 1. The highest BCUT2D eigenvalue weighted by molar-refractivity contribution is 7.13. The highest BCUT2D eigenvalue weighted by atomic mass is 32.1. The van der Waals surface area contributed by atoms with Crippen molar-refractivity contribution < 1.29 is 37.3 Å². The van der Waals surface area contributed by atoms with Gasteiger partial charge in [0.25, 0.3) is 0 Å². The first kappa shape index (κ1) is 30.4. The fourth-order valence-electron chi connectivity index (χ4n) is 4.13. The number of hydrogen-bond donors (Lipinski definition) is 4. The van der Waals surface area contributed by atoms with Gasteiger partial charge in [0, 0.05) is 18.7 Å². The number of methoxy groups -OCH3 is 2. The first-order valence-corrected chi connectivity index (χ1v) is 13.3. The van der Waals surface area contributed by atoms with Crippen molar-refractivity contribution in [1.29, 1.82) is 0 Å². The number of halogens is 3. The third kappa shape index (κ3) is 6.85. The summed E-state index contributed by atoms with van der Waals surface area (Å²) in [5.74, 6) is -0.880. The molecule has 0 radical (unpaired) electrons. The summed E-state index contributed by atoms with van der Waals surface area (Å²) < 4.78 is 44.3. The fraction of sp³-hybridized carbons (Fsp3) is 0.360. The summed E-state index contributed by atoms with van der Waals surface area (Å²) in [6.45, 7) is 0. The van der Waals surface area contributed by atoms with E-state index in [-0.39, 0.29) is 11.8 Å². The van der Waals surface area contributed by atoms with Crippen LogP contribution in [-0.4, -0.2) is 80.9 Å². The van der Waals surface area contributed by atoms with Gasteiger partial charge in [-0.2, -0.15) is 23.0 Å². The van der Waals surface area contributed by atoms with Gasteiger partial charge in [-0.1, -0.05) is 6.07 Å². The number of benzene rings is 1.